The predicted molar refractivity (Wildman–Crippen MR) is 74.4 cm³/mol. The van der Waals surface area contributed by atoms with Crippen LogP contribution in [0.4, 0.5) is 4.39 Å². The molecule has 0 aliphatic carbocycles. The van der Waals surface area contributed by atoms with E-state index in [0.29, 0.717) is 0 Å². The summed E-state index contributed by atoms with van der Waals surface area (Å²) in [5, 5.41) is 11.5. The second-order valence-corrected chi connectivity index (χ2v) is 4.73. The summed E-state index contributed by atoms with van der Waals surface area (Å²) in [6.45, 7) is 0. The minimum absolute atomic E-state index is 0.0396. The molecule has 0 fully saturated rings. The van der Waals surface area contributed by atoms with E-state index in [4.69, 9.17) is 23.7 Å². The van der Waals surface area contributed by atoms with Gasteiger partial charge in [0.15, 0.2) is 0 Å². The molecule has 2 atom stereocenters. The van der Waals surface area contributed by atoms with Crippen molar-refractivity contribution < 1.29 is 9.18 Å². The van der Waals surface area contributed by atoms with Crippen molar-refractivity contribution in [3.8, 4) is 6.07 Å². The van der Waals surface area contributed by atoms with E-state index in [1.165, 1.54) is 18.2 Å². The lowest BCUT2D eigenvalue weighted by Crippen LogP contribution is -2.45. The molecule has 0 radical (unpaired) electrons. The maximum Gasteiger partial charge on any atom is 0.243 e. The van der Waals surface area contributed by atoms with Crippen molar-refractivity contribution in [3.05, 3.63) is 47.0 Å². The lowest BCUT2D eigenvalue weighted by molar-refractivity contribution is -0.123. The smallest absolute Gasteiger partial charge is 0.243 e. The molecule has 1 aromatic carbocycles. The number of nitrogens with two attached hydrogens (primary N) is 2. The SMILES string of the molecule is N#CC1C(=O)NC(N)=C(C(N)=S)C1c1ccccc1F. The van der Waals surface area contributed by atoms with E-state index in [2.05, 4.69) is 5.32 Å². The molecule has 20 heavy (non-hydrogen) atoms. The molecule has 5 N–H and O–H groups in total. The second-order valence-electron chi connectivity index (χ2n) is 4.29. The van der Waals surface area contributed by atoms with Crippen LogP contribution in [0.15, 0.2) is 35.7 Å². The van der Waals surface area contributed by atoms with Gasteiger partial charge in [0.2, 0.25) is 5.91 Å². The largest absolute Gasteiger partial charge is 0.390 e. The zero-order valence-corrected chi connectivity index (χ0v) is 11.1. The highest BCUT2D eigenvalue weighted by molar-refractivity contribution is 7.80. The van der Waals surface area contributed by atoms with Gasteiger partial charge in [-0.2, -0.15) is 5.26 Å². The molecule has 1 aromatic rings. The molecule has 7 heteroatoms. The third kappa shape index (κ3) is 2.21. The summed E-state index contributed by atoms with van der Waals surface area (Å²) in [5.41, 5.74) is 11.7. The van der Waals surface area contributed by atoms with Crippen LogP contribution in [0.1, 0.15) is 11.5 Å². The maximum absolute atomic E-state index is 14.0. The molecule has 1 aliphatic heterocycles. The Morgan fingerprint density at radius 3 is 2.65 bits per heavy atom. The van der Waals surface area contributed by atoms with Crippen molar-refractivity contribution >= 4 is 23.1 Å². The molecule has 1 aliphatic rings. The van der Waals surface area contributed by atoms with Crippen molar-refractivity contribution in [2.24, 2.45) is 17.4 Å². The number of nitrogens with zero attached hydrogens (tertiary/aromatic N) is 1. The Kier molecular flexibility index (Phi) is 3.68. The number of benzene rings is 1. The van der Waals surface area contributed by atoms with Crippen LogP contribution in [0.3, 0.4) is 0 Å². The molecule has 5 nitrogen and oxygen atoms in total. The van der Waals surface area contributed by atoms with Gasteiger partial charge in [-0.15, -0.1) is 0 Å². The molecule has 2 rings (SSSR count). The molecule has 2 unspecified atom stereocenters. The average Bonchev–Trinajstić information content (AvgIpc) is 2.38. The Hall–Kier alpha value is -2.46. The zero-order valence-electron chi connectivity index (χ0n) is 10.3. The fraction of sp³-hybridized carbons (Fsp3) is 0.154. The number of carbonyl (C=O) groups is 1. The highest BCUT2D eigenvalue weighted by atomic mass is 32.1. The van der Waals surface area contributed by atoms with Crippen LogP contribution in [0.25, 0.3) is 0 Å². The summed E-state index contributed by atoms with van der Waals surface area (Å²) in [7, 11) is 0. The van der Waals surface area contributed by atoms with E-state index >= 15 is 0 Å². The fourth-order valence-electron chi connectivity index (χ4n) is 2.24. The van der Waals surface area contributed by atoms with Gasteiger partial charge in [-0.05, 0) is 11.6 Å². The van der Waals surface area contributed by atoms with Gasteiger partial charge in [0.25, 0.3) is 0 Å². The van der Waals surface area contributed by atoms with E-state index in [9.17, 15) is 14.4 Å². The van der Waals surface area contributed by atoms with Crippen molar-refractivity contribution in [3.63, 3.8) is 0 Å². The number of hydrogen-bond donors (Lipinski definition) is 3. The van der Waals surface area contributed by atoms with Gasteiger partial charge in [0.1, 0.15) is 22.5 Å². The molecular weight excluding hydrogens is 279 g/mol. The lowest BCUT2D eigenvalue weighted by atomic mass is 9.78. The van der Waals surface area contributed by atoms with Gasteiger partial charge in [-0.3, -0.25) is 4.79 Å². The van der Waals surface area contributed by atoms with Crippen LogP contribution in [0, 0.1) is 23.1 Å². The Bertz CT molecular complexity index is 665. The normalized spacial score (nSPS) is 22.1. The monoisotopic (exact) mass is 290 g/mol. The number of halogens is 1. The number of rotatable bonds is 2. The first-order chi connectivity index (χ1) is 9.47. The average molecular weight is 290 g/mol. The summed E-state index contributed by atoms with van der Waals surface area (Å²) >= 11 is 4.91. The molecule has 1 amide bonds. The van der Waals surface area contributed by atoms with Crippen molar-refractivity contribution in [2.75, 3.05) is 0 Å². The van der Waals surface area contributed by atoms with Crippen LogP contribution < -0.4 is 16.8 Å². The summed E-state index contributed by atoms with van der Waals surface area (Å²) < 4.78 is 14.0. The van der Waals surface area contributed by atoms with E-state index in [-0.39, 0.29) is 21.9 Å². The van der Waals surface area contributed by atoms with Gasteiger partial charge < -0.3 is 16.8 Å². The highest BCUT2D eigenvalue weighted by Crippen LogP contribution is 2.36. The second kappa shape index (κ2) is 5.27. The van der Waals surface area contributed by atoms with Crippen LogP contribution in [-0.2, 0) is 4.79 Å². The fourth-order valence-corrected chi connectivity index (χ4v) is 2.48. The summed E-state index contributed by atoms with van der Waals surface area (Å²) in [6, 6.07) is 7.69. The lowest BCUT2D eigenvalue weighted by Gasteiger charge is -2.30. The molecule has 0 saturated carbocycles. The minimum Gasteiger partial charge on any atom is -0.390 e. The topological polar surface area (TPSA) is 105 Å². The Morgan fingerprint density at radius 1 is 1.45 bits per heavy atom. The highest BCUT2D eigenvalue weighted by Gasteiger charge is 2.40. The number of amides is 1. The predicted octanol–water partition coefficient (Wildman–Crippen LogP) is 0.635. The standard InChI is InChI=1S/C13H11FN4OS/c14-8-4-2-1-3-6(8)9-7(5-15)13(19)18-11(16)10(9)12(17)20/h1-4,7,9H,16H2,(H2,17,20)(H,18,19). The van der Waals surface area contributed by atoms with Crippen LogP contribution >= 0.6 is 12.2 Å². The number of carbonyl (C=O) groups excluding carboxylic acids is 1. The Balaban J connectivity index is 2.69. The van der Waals surface area contributed by atoms with E-state index in [1.54, 1.807) is 6.07 Å². The first kappa shape index (κ1) is 14.0. The molecule has 0 bridgehead atoms. The molecule has 0 aromatic heterocycles. The van der Waals surface area contributed by atoms with Gasteiger partial charge in [0, 0.05) is 11.5 Å². The van der Waals surface area contributed by atoms with Crippen LogP contribution in [0.5, 0.6) is 0 Å². The maximum atomic E-state index is 14.0. The first-order valence-corrected chi connectivity index (χ1v) is 6.12. The van der Waals surface area contributed by atoms with E-state index < -0.39 is 23.6 Å². The summed E-state index contributed by atoms with van der Waals surface area (Å²) in [5.74, 6) is -3.24. The number of hydrogen-bond acceptors (Lipinski definition) is 4. The quantitative estimate of drug-likeness (QED) is 0.693. The van der Waals surface area contributed by atoms with Gasteiger partial charge in [0.05, 0.1) is 6.07 Å². The Labute approximate surface area is 120 Å². The third-order valence-corrected chi connectivity index (χ3v) is 3.34. The number of thiocarbonyl (C=S) groups is 1. The summed E-state index contributed by atoms with van der Waals surface area (Å²) in [4.78, 5) is 11.8. The zero-order chi connectivity index (χ0) is 14.9. The number of nitriles is 1. The van der Waals surface area contributed by atoms with Gasteiger partial charge in [-0.25, -0.2) is 4.39 Å². The molecule has 0 saturated heterocycles. The molecular formula is C13H11FN4OS. The van der Waals surface area contributed by atoms with E-state index in [1.807, 2.05) is 6.07 Å². The van der Waals surface area contributed by atoms with Crippen molar-refractivity contribution in [1.29, 1.82) is 5.26 Å². The van der Waals surface area contributed by atoms with Crippen molar-refractivity contribution in [1.82, 2.24) is 5.32 Å². The molecule has 1 heterocycles. The molecule has 102 valence electrons. The van der Waals surface area contributed by atoms with Crippen molar-refractivity contribution in [2.45, 2.75) is 5.92 Å². The molecule has 0 spiro atoms. The van der Waals surface area contributed by atoms with E-state index in [0.717, 1.165) is 0 Å². The van der Waals surface area contributed by atoms with Gasteiger partial charge >= 0.3 is 0 Å². The first-order valence-electron chi connectivity index (χ1n) is 5.71. The van der Waals surface area contributed by atoms with Crippen LogP contribution in [-0.4, -0.2) is 10.9 Å². The summed E-state index contributed by atoms with van der Waals surface area (Å²) in [6.07, 6.45) is 0. The third-order valence-electron chi connectivity index (χ3n) is 3.12. The Morgan fingerprint density at radius 2 is 2.10 bits per heavy atom. The number of nitrogens with one attached hydrogen (secondary N) is 1. The van der Waals surface area contributed by atoms with Gasteiger partial charge in [-0.1, -0.05) is 30.4 Å². The minimum atomic E-state index is -1.14. The van der Waals surface area contributed by atoms with Crippen LogP contribution in [0.2, 0.25) is 0 Å².